The first-order valence-corrected chi connectivity index (χ1v) is 5.42. The third kappa shape index (κ3) is 4.10. The molecule has 0 saturated heterocycles. The van der Waals surface area contributed by atoms with Crippen LogP contribution in [0.15, 0.2) is 0 Å². The molecule has 0 aliphatic heterocycles. The van der Waals surface area contributed by atoms with Crippen molar-refractivity contribution in [2.75, 3.05) is 26.8 Å². The summed E-state index contributed by atoms with van der Waals surface area (Å²) in [5.74, 6) is 0.885. The zero-order valence-electron chi connectivity index (χ0n) is 9.23. The molecule has 2 heteroatoms. The second-order valence-electron chi connectivity index (χ2n) is 4.65. The smallest absolute Gasteiger partial charge is 0.0531 e. The molecule has 1 unspecified atom stereocenters. The molecule has 1 aliphatic carbocycles. The molecule has 2 nitrogen and oxygen atoms in total. The van der Waals surface area contributed by atoms with Gasteiger partial charge in [0.25, 0.3) is 0 Å². The van der Waals surface area contributed by atoms with Gasteiger partial charge in [-0.1, -0.05) is 13.8 Å². The van der Waals surface area contributed by atoms with Gasteiger partial charge in [0.15, 0.2) is 0 Å². The maximum absolute atomic E-state index is 5.73. The van der Waals surface area contributed by atoms with Crippen LogP contribution < -0.4 is 5.32 Å². The molecule has 0 aromatic carbocycles. The van der Waals surface area contributed by atoms with Crippen LogP contribution in [0.25, 0.3) is 0 Å². The summed E-state index contributed by atoms with van der Waals surface area (Å²) in [4.78, 5) is 0. The minimum Gasteiger partial charge on any atom is -0.381 e. The van der Waals surface area contributed by atoms with Crippen molar-refractivity contribution in [2.45, 2.75) is 33.1 Å². The molecule has 78 valence electrons. The first-order chi connectivity index (χ1) is 6.20. The van der Waals surface area contributed by atoms with Crippen LogP contribution in [0.1, 0.15) is 33.1 Å². The van der Waals surface area contributed by atoms with Crippen LogP contribution in [0.3, 0.4) is 0 Å². The second kappa shape index (κ2) is 4.97. The molecule has 1 atom stereocenters. The molecule has 0 amide bonds. The van der Waals surface area contributed by atoms with Gasteiger partial charge < -0.3 is 10.1 Å². The lowest BCUT2D eigenvalue weighted by Gasteiger charge is -2.27. The Labute approximate surface area is 82.0 Å². The topological polar surface area (TPSA) is 21.3 Å². The van der Waals surface area contributed by atoms with Crippen LogP contribution in [0.2, 0.25) is 0 Å². The fourth-order valence-electron chi connectivity index (χ4n) is 1.46. The molecule has 0 aromatic rings. The van der Waals surface area contributed by atoms with Crippen LogP contribution in [-0.2, 0) is 4.74 Å². The van der Waals surface area contributed by atoms with Gasteiger partial charge >= 0.3 is 0 Å². The van der Waals surface area contributed by atoms with Crippen LogP contribution in [0.5, 0.6) is 0 Å². The van der Waals surface area contributed by atoms with E-state index in [1.807, 2.05) is 7.05 Å². The summed E-state index contributed by atoms with van der Waals surface area (Å²) in [6, 6.07) is 0. The van der Waals surface area contributed by atoms with Gasteiger partial charge in [0.1, 0.15) is 0 Å². The molecule has 1 N–H and O–H groups in total. The lowest BCUT2D eigenvalue weighted by molar-refractivity contribution is 0.0455. The van der Waals surface area contributed by atoms with E-state index in [1.54, 1.807) is 0 Å². The minimum atomic E-state index is 0.323. The summed E-state index contributed by atoms with van der Waals surface area (Å²) in [6.45, 7) is 7.46. The number of rotatable bonds is 7. The van der Waals surface area contributed by atoms with E-state index in [0.717, 1.165) is 25.7 Å². The summed E-state index contributed by atoms with van der Waals surface area (Å²) in [6.07, 6.45) is 3.95. The Kier molecular flexibility index (Phi) is 4.20. The van der Waals surface area contributed by atoms with E-state index >= 15 is 0 Å². The summed E-state index contributed by atoms with van der Waals surface area (Å²) in [7, 11) is 2.01. The Morgan fingerprint density at radius 1 is 1.46 bits per heavy atom. The van der Waals surface area contributed by atoms with Crippen molar-refractivity contribution in [3.8, 4) is 0 Å². The van der Waals surface area contributed by atoms with Crippen molar-refractivity contribution in [3.63, 3.8) is 0 Å². The fraction of sp³-hybridized carbons (Fsp3) is 1.00. The molecule has 1 rings (SSSR count). The maximum Gasteiger partial charge on any atom is 0.0531 e. The quantitative estimate of drug-likeness (QED) is 0.655. The number of hydrogen-bond donors (Lipinski definition) is 1. The van der Waals surface area contributed by atoms with Crippen molar-refractivity contribution in [1.29, 1.82) is 0 Å². The van der Waals surface area contributed by atoms with Gasteiger partial charge in [-0.2, -0.15) is 0 Å². The molecule has 0 aromatic heterocycles. The predicted molar refractivity (Wildman–Crippen MR) is 55.9 cm³/mol. The van der Waals surface area contributed by atoms with Gasteiger partial charge in [-0.05, 0) is 32.2 Å². The molecule has 0 radical (unpaired) electrons. The van der Waals surface area contributed by atoms with Crippen LogP contribution in [0.4, 0.5) is 0 Å². The Morgan fingerprint density at radius 3 is 2.62 bits per heavy atom. The highest BCUT2D eigenvalue weighted by molar-refractivity contribution is 4.76. The highest BCUT2D eigenvalue weighted by Gasteiger charge is 2.25. The third-order valence-electron chi connectivity index (χ3n) is 2.96. The minimum absolute atomic E-state index is 0.323. The van der Waals surface area contributed by atoms with E-state index in [4.69, 9.17) is 4.74 Å². The van der Waals surface area contributed by atoms with E-state index in [9.17, 15) is 0 Å². The summed E-state index contributed by atoms with van der Waals surface area (Å²) < 4.78 is 5.73. The van der Waals surface area contributed by atoms with Gasteiger partial charge in [-0.15, -0.1) is 0 Å². The standard InChI is InChI=1S/C11H23NO/c1-4-11(2,8-12-3)9-13-7-10-5-6-10/h10,12H,4-9H2,1-3H3. The Balaban J connectivity index is 2.12. The van der Waals surface area contributed by atoms with Crippen LogP contribution >= 0.6 is 0 Å². The van der Waals surface area contributed by atoms with Gasteiger partial charge in [0, 0.05) is 18.6 Å². The molecule has 0 bridgehead atoms. The largest absolute Gasteiger partial charge is 0.381 e. The molecule has 0 heterocycles. The molecular weight excluding hydrogens is 162 g/mol. The number of hydrogen-bond acceptors (Lipinski definition) is 2. The molecule has 0 spiro atoms. The lowest BCUT2D eigenvalue weighted by atomic mass is 9.88. The number of nitrogens with one attached hydrogen (secondary N) is 1. The monoisotopic (exact) mass is 185 g/mol. The van der Waals surface area contributed by atoms with Crippen molar-refractivity contribution in [2.24, 2.45) is 11.3 Å². The van der Waals surface area contributed by atoms with Crippen molar-refractivity contribution in [3.05, 3.63) is 0 Å². The first-order valence-electron chi connectivity index (χ1n) is 5.42. The Hall–Kier alpha value is -0.0800. The van der Waals surface area contributed by atoms with Crippen molar-refractivity contribution in [1.82, 2.24) is 5.32 Å². The summed E-state index contributed by atoms with van der Waals surface area (Å²) >= 11 is 0. The summed E-state index contributed by atoms with van der Waals surface area (Å²) in [5, 5.41) is 3.23. The van der Waals surface area contributed by atoms with E-state index in [2.05, 4.69) is 19.2 Å². The Morgan fingerprint density at radius 2 is 2.15 bits per heavy atom. The number of ether oxygens (including phenoxy) is 1. The lowest BCUT2D eigenvalue weighted by Crippen LogP contribution is -2.33. The molecular formula is C11H23NO. The van der Waals surface area contributed by atoms with E-state index in [1.165, 1.54) is 19.3 Å². The predicted octanol–water partition coefficient (Wildman–Crippen LogP) is 2.05. The average molecular weight is 185 g/mol. The molecule has 13 heavy (non-hydrogen) atoms. The van der Waals surface area contributed by atoms with Crippen LogP contribution in [-0.4, -0.2) is 26.8 Å². The highest BCUT2D eigenvalue weighted by atomic mass is 16.5. The average Bonchev–Trinajstić information content (AvgIpc) is 2.89. The van der Waals surface area contributed by atoms with Crippen molar-refractivity contribution < 1.29 is 4.74 Å². The highest BCUT2D eigenvalue weighted by Crippen LogP contribution is 2.30. The van der Waals surface area contributed by atoms with E-state index in [-0.39, 0.29) is 0 Å². The van der Waals surface area contributed by atoms with E-state index < -0.39 is 0 Å². The first kappa shape index (κ1) is 11.0. The molecule has 1 fully saturated rings. The third-order valence-corrected chi connectivity index (χ3v) is 2.96. The summed E-state index contributed by atoms with van der Waals surface area (Å²) in [5.41, 5.74) is 0.323. The maximum atomic E-state index is 5.73. The van der Waals surface area contributed by atoms with Gasteiger partial charge in [-0.25, -0.2) is 0 Å². The van der Waals surface area contributed by atoms with Crippen LogP contribution in [0, 0.1) is 11.3 Å². The van der Waals surface area contributed by atoms with Gasteiger partial charge in [0.05, 0.1) is 6.61 Å². The normalized spacial score (nSPS) is 21.5. The SMILES string of the molecule is CCC(C)(CNC)COCC1CC1. The Bertz CT molecular complexity index is 145. The van der Waals surface area contributed by atoms with E-state index in [0.29, 0.717) is 5.41 Å². The molecule has 1 saturated carbocycles. The zero-order valence-corrected chi connectivity index (χ0v) is 9.23. The molecule has 1 aliphatic rings. The van der Waals surface area contributed by atoms with Gasteiger partial charge in [0.2, 0.25) is 0 Å². The fourth-order valence-corrected chi connectivity index (χ4v) is 1.46. The van der Waals surface area contributed by atoms with Crippen molar-refractivity contribution >= 4 is 0 Å². The van der Waals surface area contributed by atoms with Gasteiger partial charge in [-0.3, -0.25) is 0 Å². The zero-order chi connectivity index (χ0) is 9.73. The second-order valence-corrected chi connectivity index (χ2v) is 4.65.